The van der Waals surface area contributed by atoms with Crippen LogP contribution in [0.2, 0.25) is 0 Å². The number of hydrogen-bond donors (Lipinski definition) is 1. The summed E-state index contributed by atoms with van der Waals surface area (Å²) in [6.07, 6.45) is 0. The molecule has 1 heterocycles. The highest BCUT2D eigenvalue weighted by atomic mass is 19.3. The van der Waals surface area contributed by atoms with Gasteiger partial charge in [-0.05, 0) is 24.6 Å². The van der Waals surface area contributed by atoms with Crippen LogP contribution in [0.15, 0.2) is 29.5 Å². The van der Waals surface area contributed by atoms with E-state index in [4.69, 9.17) is 9.47 Å². The van der Waals surface area contributed by atoms with E-state index in [2.05, 4.69) is 10.1 Å². The van der Waals surface area contributed by atoms with E-state index in [0.29, 0.717) is 11.3 Å². The summed E-state index contributed by atoms with van der Waals surface area (Å²) in [6, 6.07) is 2.94. The minimum atomic E-state index is -3.05. The number of esters is 1. The molecule has 1 aromatic carbocycles. The van der Waals surface area contributed by atoms with Crippen molar-refractivity contribution in [2.45, 2.75) is 19.6 Å². The van der Waals surface area contributed by atoms with Gasteiger partial charge in [-0.15, -0.1) is 0 Å². The number of nitrogens with one attached hydrogen (secondary N) is 1. The highest BCUT2D eigenvalue weighted by molar-refractivity contribution is 5.94. The summed E-state index contributed by atoms with van der Waals surface area (Å²) in [5.41, 5.74) is 0.961. The Kier molecular flexibility index (Phi) is 5.45. The number of nitrogens with zero attached hydrogens (tertiary/aromatic N) is 1. The highest BCUT2D eigenvalue weighted by Crippen LogP contribution is 2.36. The molecule has 9 heteroatoms. The third kappa shape index (κ3) is 3.65. The Labute approximate surface area is 143 Å². The van der Waals surface area contributed by atoms with Gasteiger partial charge in [-0.1, -0.05) is 6.07 Å². The fraction of sp³-hybridized carbons (Fsp3) is 0.375. The molecule has 0 aromatic heterocycles. The second-order valence-electron chi connectivity index (χ2n) is 5.22. The molecule has 1 aliphatic rings. The van der Waals surface area contributed by atoms with Gasteiger partial charge in [0.25, 0.3) is 0 Å². The first-order chi connectivity index (χ1) is 11.8. The van der Waals surface area contributed by atoms with Gasteiger partial charge >= 0.3 is 18.6 Å². The van der Waals surface area contributed by atoms with Crippen LogP contribution in [-0.4, -0.2) is 44.8 Å². The van der Waals surface area contributed by atoms with Crippen LogP contribution in [0, 0.1) is 0 Å². The number of amides is 2. The molecule has 1 aromatic rings. The van der Waals surface area contributed by atoms with Gasteiger partial charge in [-0.3, -0.25) is 0 Å². The second kappa shape index (κ2) is 7.37. The lowest BCUT2D eigenvalue weighted by molar-refractivity contribution is -0.136. The smallest absolute Gasteiger partial charge is 0.387 e. The topological polar surface area (TPSA) is 77.1 Å². The van der Waals surface area contributed by atoms with Gasteiger partial charge in [-0.25, -0.2) is 9.59 Å². The number of alkyl halides is 2. The van der Waals surface area contributed by atoms with Crippen LogP contribution < -0.4 is 14.8 Å². The summed E-state index contributed by atoms with van der Waals surface area (Å²) in [4.78, 5) is 25.5. The zero-order valence-corrected chi connectivity index (χ0v) is 14.1. The molecule has 0 radical (unpaired) electrons. The summed E-state index contributed by atoms with van der Waals surface area (Å²) in [6.45, 7) is -1.45. The van der Waals surface area contributed by atoms with Crippen LogP contribution in [0.25, 0.3) is 0 Å². The first-order valence-electron chi connectivity index (χ1n) is 7.26. The average molecular weight is 356 g/mol. The zero-order valence-electron chi connectivity index (χ0n) is 14.1. The summed E-state index contributed by atoms with van der Waals surface area (Å²) < 4.78 is 39.4. The molecule has 136 valence electrons. The number of allylic oxidation sites excluding steroid dienone is 1. The van der Waals surface area contributed by atoms with Crippen LogP contribution in [0.3, 0.4) is 0 Å². The van der Waals surface area contributed by atoms with Crippen molar-refractivity contribution in [1.82, 2.24) is 10.2 Å². The SMILES string of the molecule is COC(=O)C1=C(C)N(C)C(=O)N[C@H]1c1ccc(OC)c(OC(F)F)c1. The summed E-state index contributed by atoms with van der Waals surface area (Å²) in [5.74, 6) is -0.741. The van der Waals surface area contributed by atoms with Gasteiger partial charge in [0.2, 0.25) is 0 Å². The minimum absolute atomic E-state index is 0.101. The van der Waals surface area contributed by atoms with Crippen molar-refractivity contribution < 1.29 is 32.6 Å². The number of carbonyl (C=O) groups excluding carboxylic acids is 2. The van der Waals surface area contributed by atoms with Gasteiger partial charge in [0, 0.05) is 12.7 Å². The predicted octanol–water partition coefficient (Wildman–Crippen LogP) is 2.44. The average Bonchev–Trinajstić information content (AvgIpc) is 2.58. The van der Waals surface area contributed by atoms with Crippen molar-refractivity contribution in [2.24, 2.45) is 0 Å². The summed E-state index contributed by atoms with van der Waals surface area (Å²) in [7, 11) is 4.03. The lowest BCUT2D eigenvalue weighted by Crippen LogP contribution is -2.46. The predicted molar refractivity (Wildman–Crippen MR) is 83.4 cm³/mol. The van der Waals surface area contributed by atoms with Crippen molar-refractivity contribution in [3.8, 4) is 11.5 Å². The standard InChI is InChI=1S/C16H18F2N2O5/c1-8-12(14(21)24-4)13(19-16(22)20(8)2)9-5-6-10(23-3)11(7-9)25-15(17)18/h5-7,13,15H,1-4H3,(H,19,22)/t13-/m0/s1. The van der Waals surface area contributed by atoms with Crippen molar-refractivity contribution in [1.29, 1.82) is 0 Å². The molecule has 0 spiro atoms. The molecule has 1 aliphatic heterocycles. The Hall–Kier alpha value is -2.84. The quantitative estimate of drug-likeness (QED) is 0.820. The van der Waals surface area contributed by atoms with E-state index in [9.17, 15) is 18.4 Å². The van der Waals surface area contributed by atoms with Gasteiger partial charge in [-0.2, -0.15) is 8.78 Å². The van der Waals surface area contributed by atoms with Crippen LogP contribution in [0.5, 0.6) is 11.5 Å². The number of hydrogen-bond acceptors (Lipinski definition) is 5. The Morgan fingerprint density at radius 1 is 1.28 bits per heavy atom. The maximum absolute atomic E-state index is 12.6. The van der Waals surface area contributed by atoms with Gasteiger partial charge in [0.1, 0.15) is 0 Å². The van der Waals surface area contributed by atoms with Gasteiger partial charge < -0.3 is 24.4 Å². The van der Waals surface area contributed by atoms with Crippen LogP contribution in [-0.2, 0) is 9.53 Å². The summed E-state index contributed by atoms with van der Waals surface area (Å²) in [5, 5.41) is 2.64. The van der Waals surface area contributed by atoms with Crippen molar-refractivity contribution in [2.75, 3.05) is 21.3 Å². The van der Waals surface area contributed by atoms with Crippen LogP contribution in [0.1, 0.15) is 18.5 Å². The van der Waals surface area contributed by atoms with E-state index < -0.39 is 24.7 Å². The molecule has 1 N–H and O–H groups in total. The Balaban J connectivity index is 2.54. The third-order valence-corrected chi connectivity index (χ3v) is 3.90. The Bertz CT molecular complexity index is 720. The molecule has 0 saturated heterocycles. The molecule has 25 heavy (non-hydrogen) atoms. The fourth-order valence-corrected chi connectivity index (χ4v) is 2.52. The number of ether oxygens (including phenoxy) is 3. The lowest BCUT2D eigenvalue weighted by Gasteiger charge is -2.33. The van der Waals surface area contributed by atoms with E-state index in [-0.39, 0.29) is 17.1 Å². The van der Waals surface area contributed by atoms with Gasteiger partial charge in [0.05, 0.1) is 25.8 Å². The molecular weight excluding hydrogens is 338 g/mol. The minimum Gasteiger partial charge on any atom is -0.493 e. The monoisotopic (exact) mass is 356 g/mol. The molecule has 0 aliphatic carbocycles. The third-order valence-electron chi connectivity index (χ3n) is 3.90. The summed E-state index contributed by atoms with van der Waals surface area (Å²) >= 11 is 0. The van der Waals surface area contributed by atoms with E-state index in [1.165, 1.54) is 38.3 Å². The maximum Gasteiger partial charge on any atom is 0.387 e. The molecule has 1 atom stereocenters. The normalized spacial score (nSPS) is 17.5. The number of urea groups is 1. The molecule has 2 rings (SSSR count). The second-order valence-corrected chi connectivity index (χ2v) is 5.22. The van der Waals surface area contributed by atoms with Crippen molar-refractivity contribution in [3.63, 3.8) is 0 Å². The number of halogens is 2. The van der Waals surface area contributed by atoms with E-state index >= 15 is 0 Å². The Morgan fingerprint density at radius 3 is 2.52 bits per heavy atom. The fourth-order valence-electron chi connectivity index (χ4n) is 2.52. The van der Waals surface area contributed by atoms with Crippen molar-refractivity contribution >= 4 is 12.0 Å². The zero-order chi connectivity index (χ0) is 18.7. The van der Waals surface area contributed by atoms with Crippen LogP contribution in [0.4, 0.5) is 13.6 Å². The number of rotatable bonds is 5. The molecule has 0 saturated carbocycles. The van der Waals surface area contributed by atoms with E-state index in [1.807, 2.05) is 0 Å². The number of carbonyl (C=O) groups is 2. The van der Waals surface area contributed by atoms with E-state index in [1.54, 1.807) is 13.0 Å². The van der Waals surface area contributed by atoms with Crippen molar-refractivity contribution in [3.05, 3.63) is 35.0 Å². The Morgan fingerprint density at radius 2 is 1.96 bits per heavy atom. The first kappa shape index (κ1) is 18.5. The number of methoxy groups -OCH3 is 2. The molecule has 0 fully saturated rings. The highest BCUT2D eigenvalue weighted by Gasteiger charge is 2.35. The molecule has 0 bridgehead atoms. The first-order valence-corrected chi connectivity index (χ1v) is 7.26. The lowest BCUT2D eigenvalue weighted by atomic mass is 9.94. The largest absolute Gasteiger partial charge is 0.493 e. The molecule has 7 nitrogen and oxygen atoms in total. The molecule has 0 unspecified atom stereocenters. The van der Waals surface area contributed by atoms with Crippen LogP contribution >= 0.6 is 0 Å². The maximum atomic E-state index is 12.6. The van der Waals surface area contributed by atoms with E-state index in [0.717, 1.165) is 0 Å². The number of benzene rings is 1. The van der Waals surface area contributed by atoms with Gasteiger partial charge in [0.15, 0.2) is 11.5 Å². The molecular formula is C16H18F2N2O5. The molecule has 2 amide bonds.